The van der Waals surface area contributed by atoms with E-state index in [-0.39, 0.29) is 0 Å². The van der Waals surface area contributed by atoms with Crippen molar-refractivity contribution in [1.29, 1.82) is 0 Å². The molecule has 0 aliphatic heterocycles. The molecule has 0 atom stereocenters. The van der Waals surface area contributed by atoms with E-state index in [0.717, 1.165) is 6.54 Å². The summed E-state index contributed by atoms with van der Waals surface area (Å²) in [5.74, 6) is 0.533. The Morgan fingerprint density at radius 3 is 2.65 bits per heavy atom. The largest absolute Gasteiger partial charge is 0.379 e. The molecule has 0 bridgehead atoms. The van der Waals surface area contributed by atoms with Crippen molar-refractivity contribution in [2.45, 2.75) is 26.3 Å². The maximum Gasteiger partial charge on any atom is 0.0571 e. The van der Waals surface area contributed by atoms with Gasteiger partial charge < -0.3 is 5.32 Å². The van der Waals surface area contributed by atoms with Crippen molar-refractivity contribution in [3.05, 3.63) is 47.8 Å². The van der Waals surface area contributed by atoms with Crippen LogP contribution in [0.3, 0.4) is 0 Å². The first kappa shape index (κ1) is 11.7. The number of hydrogen-bond donors (Lipinski definition) is 1. The lowest BCUT2D eigenvalue weighted by molar-refractivity contribution is 0.720. The van der Waals surface area contributed by atoms with Crippen LogP contribution >= 0.6 is 0 Å². The van der Waals surface area contributed by atoms with Crippen molar-refractivity contribution < 1.29 is 0 Å². The van der Waals surface area contributed by atoms with Crippen LogP contribution in [0.2, 0.25) is 0 Å². The third-order valence-electron chi connectivity index (χ3n) is 2.97. The van der Waals surface area contributed by atoms with Gasteiger partial charge in [-0.3, -0.25) is 4.68 Å². The number of aryl methyl sites for hydroxylation is 1. The topological polar surface area (TPSA) is 29.9 Å². The van der Waals surface area contributed by atoms with E-state index in [9.17, 15) is 0 Å². The van der Waals surface area contributed by atoms with Gasteiger partial charge in [0.15, 0.2) is 0 Å². The van der Waals surface area contributed by atoms with Crippen LogP contribution in [0.15, 0.2) is 36.5 Å². The van der Waals surface area contributed by atoms with Gasteiger partial charge in [-0.05, 0) is 23.6 Å². The minimum absolute atomic E-state index is 0.533. The first-order valence-electron chi connectivity index (χ1n) is 5.98. The van der Waals surface area contributed by atoms with Gasteiger partial charge in [0, 0.05) is 18.9 Å². The van der Waals surface area contributed by atoms with Gasteiger partial charge in [0.05, 0.1) is 12.2 Å². The summed E-state index contributed by atoms with van der Waals surface area (Å²) in [7, 11) is 1.96. The Hall–Kier alpha value is -1.77. The van der Waals surface area contributed by atoms with E-state index in [1.165, 1.54) is 16.9 Å². The predicted molar refractivity (Wildman–Crippen MR) is 71.1 cm³/mol. The second kappa shape index (κ2) is 5.04. The van der Waals surface area contributed by atoms with Crippen LogP contribution in [-0.4, -0.2) is 9.78 Å². The molecule has 0 aliphatic rings. The molecule has 0 radical (unpaired) electrons. The molecule has 17 heavy (non-hydrogen) atoms. The Bertz CT molecular complexity index is 486. The van der Waals surface area contributed by atoms with E-state index >= 15 is 0 Å². The van der Waals surface area contributed by atoms with Gasteiger partial charge in [-0.25, -0.2) is 0 Å². The summed E-state index contributed by atoms with van der Waals surface area (Å²) >= 11 is 0. The van der Waals surface area contributed by atoms with Gasteiger partial charge in [-0.15, -0.1) is 0 Å². The quantitative estimate of drug-likeness (QED) is 0.872. The molecule has 1 N–H and O–H groups in total. The fraction of sp³-hybridized carbons (Fsp3) is 0.357. The summed E-state index contributed by atoms with van der Waals surface area (Å²) in [4.78, 5) is 0. The van der Waals surface area contributed by atoms with Crippen LogP contribution in [0, 0.1) is 0 Å². The van der Waals surface area contributed by atoms with E-state index in [2.05, 4.69) is 48.5 Å². The van der Waals surface area contributed by atoms with Crippen molar-refractivity contribution in [2.75, 3.05) is 5.32 Å². The van der Waals surface area contributed by atoms with E-state index in [0.29, 0.717) is 5.92 Å². The smallest absolute Gasteiger partial charge is 0.0571 e. The second-order valence-electron chi connectivity index (χ2n) is 4.54. The monoisotopic (exact) mass is 229 g/mol. The van der Waals surface area contributed by atoms with Crippen LogP contribution in [0.25, 0.3) is 0 Å². The first-order chi connectivity index (χ1) is 8.18. The van der Waals surface area contributed by atoms with Crippen molar-refractivity contribution in [3.63, 3.8) is 0 Å². The lowest BCUT2D eigenvalue weighted by Crippen LogP contribution is -2.07. The Morgan fingerprint density at radius 2 is 2.00 bits per heavy atom. The van der Waals surface area contributed by atoms with Gasteiger partial charge in [0.1, 0.15) is 0 Å². The molecule has 1 aromatic carbocycles. The van der Waals surface area contributed by atoms with Gasteiger partial charge in [-0.1, -0.05) is 32.0 Å². The number of rotatable bonds is 4. The third-order valence-corrected chi connectivity index (χ3v) is 2.97. The van der Waals surface area contributed by atoms with E-state index < -0.39 is 0 Å². The molecular weight excluding hydrogens is 210 g/mol. The standard InChI is InChI=1S/C14H19N3/c1-11(2)13-6-4-5-7-14(13)15-10-12-8-9-16-17(12)3/h4-9,11,15H,10H2,1-3H3. The predicted octanol–water partition coefficient (Wildman–Crippen LogP) is 3.16. The average Bonchev–Trinajstić information content (AvgIpc) is 2.72. The normalized spacial score (nSPS) is 10.8. The summed E-state index contributed by atoms with van der Waals surface area (Å²) in [6.07, 6.45) is 1.82. The minimum Gasteiger partial charge on any atom is -0.379 e. The number of aromatic nitrogens is 2. The maximum absolute atomic E-state index is 4.16. The number of anilines is 1. The zero-order chi connectivity index (χ0) is 12.3. The fourth-order valence-corrected chi connectivity index (χ4v) is 1.92. The molecule has 1 heterocycles. The molecule has 3 heteroatoms. The Kier molecular flexibility index (Phi) is 3.47. The lowest BCUT2D eigenvalue weighted by atomic mass is 10.0. The van der Waals surface area contributed by atoms with Gasteiger partial charge in [0.25, 0.3) is 0 Å². The highest BCUT2D eigenvalue weighted by Crippen LogP contribution is 2.23. The lowest BCUT2D eigenvalue weighted by Gasteiger charge is -2.14. The van der Waals surface area contributed by atoms with Crippen LogP contribution in [-0.2, 0) is 13.6 Å². The number of benzene rings is 1. The van der Waals surface area contributed by atoms with Crippen molar-refractivity contribution in [3.8, 4) is 0 Å². The van der Waals surface area contributed by atoms with E-state index in [1.54, 1.807) is 0 Å². The van der Waals surface area contributed by atoms with Gasteiger partial charge >= 0.3 is 0 Å². The first-order valence-corrected chi connectivity index (χ1v) is 5.98. The zero-order valence-corrected chi connectivity index (χ0v) is 10.6. The van der Waals surface area contributed by atoms with Crippen LogP contribution in [0.4, 0.5) is 5.69 Å². The fourth-order valence-electron chi connectivity index (χ4n) is 1.92. The Balaban J connectivity index is 2.11. The molecule has 0 saturated carbocycles. The second-order valence-corrected chi connectivity index (χ2v) is 4.54. The van der Waals surface area contributed by atoms with Crippen LogP contribution in [0.1, 0.15) is 31.0 Å². The van der Waals surface area contributed by atoms with Crippen molar-refractivity contribution in [2.24, 2.45) is 7.05 Å². The molecule has 0 unspecified atom stereocenters. The molecule has 3 nitrogen and oxygen atoms in total. The molecular formula is C14H19N3. The molecule has 0 spiro atoms. The Morgan fingerprint density at radius 1 is 1.24 bits per heavy atom. The highest BCUT2D eigenvalue weighted by molar-refractivity contribution is 5.52. The minimum atomic E-state index is 0.533. The van der Waals surface area contributed by atoms with Crippen molar-refractivity contribution in [1.82, 2.24) is 9.78 Å². The SMILES string of the molecule is CC(C)c1ccccc1NCc1ccnn1C. The van der Waals surface area contributed by atoms with Crippen LogP contribution < -0.4 is 5.32 Å². The maximum atomic E-state index is 4.16. The summed E-state index contributed by atoms with van der Waals surface area (Å²) in [6, 6.07) is 10.5. The summed E-state index contributed by atoms with van der Waals surface area (Å²) in [5.41, 5.74) is 3.75. The molecule has 0 aliphatic carbocycles. The van der Waals surface area contributed by atoms with Gasteiger partial charge in [0.2, 0.25) is 0 Å². The van der Waals surface area contributed by atoms with Gasteiger partial charge in [-0.2, -0.15) is 5.10 Å². The number of nitrogens with zero attached hydrogens (tertiary/aromatic N) is 2. The number of hydrogen-bond acceptors (Lipinski definition) is 2. The highest BCUT2D eigenvalue weighted by Gasteiger charge is 2.05. The third kappa shape index (κ3) is 2.67. The molecule has 0 fully saturated rings. The number of nitrogens with one attached hydrogen (secondary N) is 1. The summed E-state index contributed by atoms with van der Waals surface area (Å²) < 4.78 is 1.89. The zero-order valence-electron chi connectivity index (χ0n) is 10.6. The molecule has 0 saturated heterocycles. The highest BCUT2D eigenvalue weighted by atomic mass is 15.3. The average molecular weight is 229 g/mol. The molecule has 1 aromatic heterocycles. The van der Waals surface area contributed by atoms with E-state index in [1.807, 2.05) is 24.0 Å². The molecule has 90 valence electrons. The summed E-state index contributed by atoms with van der Waals surface area (Å²) in [5, 5.41) is 7.64. The molecule has 2 aromatic rings. The van der Waals surface area contributed by atoms with Crippen LogP contribution in [0.5, 0.6) is 0 Å². The molecule has 0 amide bonds. The molecule has 2 rings (SSSR count). The number of para-hydroxylation sites is 1. The summed E-state index contributed by atoms with van der Waals surface area (Å²) in [6.45, 7) is 5.23. The Labute approximate surface area is 102 Å². The van der Waals surface area contributed by atoms with E-state index in [4.69, 9.17) is 0 Å². The van der Waals surface area contributed by atoms with Crippen molar-refractivity contribution >= 4 is 5.69 Å².